The fraction of sp³-hybridized carbons (Fsp3) is 0.467. The van der Waals surface area contributed by atoms with Crippen molar-refractivity contribution in [3.05, 3.63) is 129 Å². The Morgan fingerprint density at radius 1 is 0.511 bits per heavy atom. The van der Waals surface area contributed by atoms with E-state index in [1.807, 2.05) is 12.1 Å². The largest absolute Gasteiger partial charge is 0.477 e. The molecule has 30 heteroatoms. The third kappa shape index (κ3) is 20.8. The molecule has 2 aliphatic rings. The van der Waals surface area contributed by atoms with Gasteiger partial charge in [0.2, 0.25) is 11.8 Å². The zero-order valence-corrected chi connectivity index (χ0v) is 52.1. The molecule has 26 nitrogen and oxygen atoms in total. The summed E-state index contributed by atoms with van der Waals surface area (Å²) in [6, 6.07) is 22.8. The number of nitrogens with one attached hydrogen (secondary N) is 6. The highest BCUT2D eigenvalue weighted by atomic mass is 35.5. The summed E-state index contributed by atoms with van der Waals surface area (Å²) in [5, 5.41) is 103. The van der Waals surface area contributed by atoms with Gasteiger partial charge in [0.1, 0.15) is 24.4 Å². The molecule has 4 aromatic rings. The number of aliphatic hydroxyl groups is 6. The van der Waals surface area contributed by atoms with Crippen LogP contribution in [0.2, 0.25) is 10.0 Å². The summed E-state index contributed by atoms with van der Waals surface area (Å²) in [5.74, 6) is -9.76. The van der Waals surface area contributed by atoms with Crippen molar-refractivity contribution in [2.45, 2.75) is 112 Å². The molecule has 4 aromatic carbocycles. The predicted octanol–water partition coefficient (Wildman–Crippen LogP) is 1.57. The van der Waals surface area contributed by atoms with Crippen LogP contribution in [0.1, 0.15) is 81.0 Å². The number of halogens is 2. The molecular weight excluding hydrogens is 1260 g/mol. The highest BCUT2D eigenvalue weighted by Gasteiger charge is 2.57. The molecule has 0 radical (unpaired) electrons. The minimum absolute atomic E-state index is 0.188. The van der Waals surface area contributed by atoms with Gasteiger partial charge in [-0.15, -0.1) is 0 Å². The Morgan fingerprint density at radius 3 is 1.17 bits per heavy atom. The van der Waals surface area contributed by atoms with E-state index >= 15 is 0 Å². The molecule has 2 aliphatic heterocycles. The summed E-state index contributed by atoms with van der Waals surface area (Å²) in [5.41, 5.74) is 2.71. The molecular formula is C60H74Cl2N6O20S2. The Balaban J connectivity index is 0.864. The molecule has 490 valence electrons. The molecule has 2 heterocycles. The average Bonchev–Trinajstić information content (AvgIpc) is 0.814. The number of aliphatic carboxylic acids is 2. The van der Waals surface area contributed by atoms with Gasteiger partial charge in [0.05, 0.1) is 49.7 Å². The summed E-state index contributed by atoms with van der Waals surface area (Å²) in [6.07, 6.45) is -14.8. The van der Waals surface area contributed by atoms with E-state index in [1.54, 1.807) is 36.4 Å². The van der Waals surface area contributed by atoms with Crippen LogP contribution >= 0.6 is 46.7 Å². The minimum Gasteiger partial charge on any atom is -0.477 e. The van der Waals surface area contributed by atoms with Gasteiger partial charge >= 0.3 is 11.9 Å². The first-order valence-electron chi connectivity index (χ1n) is 28.6. The fourth-order valence-electron chi connectivity index (χ4n) is 9.69. The number of thioether (sulfide) groups is 2. The van der Waals surface area contributed by atoms with Gasteiger partial charge in [0.25, 0.3) is 35.2 Å². The van der Waals surface area contributed by atoms with Gasteiger partial charge in [0.15, 0.2) is 0 Å². The SMILES string of the molecule is CC(=O)N[C@@H]1[C@@H](O)C[C@](OCCCSCCNC(=O)c2ccc(C(=O)NCCSCCCO[C@]3(C(=O)O)C[C@H](O)[C@@H](NC(C)=O)[C@H](C(O)[C@H](O)CNC(=O)c4ccc(-c5ccc(Cl)cc5)cc4)O3)cc2)(C(=O)O)O[C@H]1C(O)[C@H](O)CNC(=O)c1ccc(Cl)cc1. The Labute approximate surface area is 536 Å². The van der Waals surface area contributed by atoms with Crippen LogP contribution in [0.25, 0.3) is 11.1 Å². The summed E-state index contributed by atoms with van der Waals surface area (Å²) >= 11 is 14.7. The van der Waals surface area contributed by atoms with E-state index in [4.69, 9.17) is 42.1 Å². The number of aliphatic hydroxyl groups excluding tert-OH is 6. The number of rotatable bonds is 33. The lowest BCUT2D eigenvalue weighted by molar-refractivity contribution is -0.310. The maximum Gasteiger partial charge on any atom is 0.364 e. The van der Waals surface area contributed by atoms with Gasteiger partial charge in [-0.3, -0.25) is 28.8 Å². The van der Waals surface area contributed by atoms with Crippen molar-refractivity contribution in [3.63, 3.8) is 0 Å². The number of amides is 6. The Morgan fingerprint density at radius 2 is 0.822 bits per heavy atom. The van der Waals surface area contributed by atoms with Crippen molar-refractivity contribution in [1.82, 2.24) is 31.9 Å². The van der Waals surface area contributed by atoms with Gasteiger partial charge in [0, 0.05) is 96.7 Å². The third-order valence-electron chi connectivity index (χ3n) is 14.4. The molecule has 6 rings (SSSR count). The fourth-order valence-corrected chi connectivity index (χ4v) is 11.5. The topological polar surface area (TPSA) is 408 Å². The molecule has 0 aromatic heterocycles. The Bertz CT molecular complexity index is 3070. The van der Waals surface area contributed by atoms with Crippen molar-refractivity contribution < 1.29 is 98.2 Å². The number of hydrogen-bond donors (Lipinski definition) is 14. The van der Waals surface area contributed by atoms with Crippen molar-refractivity contribution >= 4 is 94.1 Å². The summed E-state index contributed by atoms with van der Waals surface area (Å²) in [6.45, 7) is 1.35. The third-order valence-corrected chi connectivity index (χ3v) is 17.0. The van der Waals surface area contributed by atoms with Crippen molar-refractivity contribution in [3.8, 4) is 11.1 Å². The van der Waals surface area contributed by atoms with E-state index in [-0.39, 0.29) is 50.3 Å². The Kier molecular flexibility index (Phi) is 28.1. The van der Waals surface area contributed by atoms with Crippen LogP contribution < -0.4 is 31.9 Å². The molecule has 2 fully saturated rings. The average molecular weight is 1330 g/mol. The van der Waals surface area contributed by atoms with E-state index in [9.17, 15) is 79.2 Å². The maximum absolute atomic E-state index is 13.0. The number of carboxylic acids is 2. The number of ether oxygens (including phenoxy) is 4. The van der Waals surface area contributed by atoms with Crippen molar-refractivity contribution in [2.24, 2.45) is 0 Å². The summed E-state index contributed by atoms with van der Waals surface area (Å²) in [4.78, 5) is 101. The molecule has 0 bridgehead atoms. The molecule has 2 unspecified atom stereocenters. The lowest BCUT2D eigenvalue weighted by atomic mass is 9.88. The molecule has 0 aliphatic carbocycles. The van der Waals surface area contributed by atoms with Crippen LogP contribution in [0, 0.1) is 0 Å². The van der Waals surface area contributed by atoms with Gasteiger partial charge < -0.3 is 91.7 Å². The van der Waals surface area contributed by atoms with E-state index in [2.05, 4.69) is 31.9 Å². The van der Waals surface area contributed by atoms with E-state index < -0.39 is 146 Å². The monoisotopic (exact) mass is 1330 g/mol. The van der Waals surface area contributed by atoms with Crippen LogP contribution in [0.3, 0.4) is 0 Å². The Hall–Kier alpha value is -6.48. The molecule has 2 saturated heterocycles. The maximum atomic E-state index is 13.0. The lowest BCUT2D eigenvalue weighted by Gasteiger charge is -2.46. The molecule has 6 amide bonds. The van der Waals surface area contributed by atoms with E-state index in [0.29, 0.717) is 44.2 Å². The molecule has 12 atom stereocenters. The summed E-state index contributed by atoms with van der Waals surface area (Å²) in [7, 11) is 0. The highest BCUT2D eigenvalue weighted by molar-refractivity contribution is 7.99. The second kappa shape index (κ2) is 34.8. The van der Waals surface area contributed by atoms with Crippen LogP contribution in [-0.2, 0) is 38.1 Å². The first-order chi connectivity index (χ1) is 42.8. The van der Waals surface area contributed by atoms with Gasteiger partial charge in [-0.2, -0.15) is 23.5 Å². The second-order valence-corrected chi connectivity index (χ2v) is 24.4. The van der Waals surface area contributed by atoms with Gasteiger partial charge in [-0.25, -0.2) is 9.59 Å². The molecule has 0 saturated carbocycles. The second-order valence-electron chi connectivity index (χ2n) is 21.1. The first-order valence-corrected chi connectivity index (χ1v) is 31.6. The number of benzene rings is 4. The van der Waals surface area contributed by atoms with Gasteiger partial charge in [-0.05, 0) is 108 Å². The summed E-state index contributed by atoms with van der Waals surface area (Å²) < 4.78 is 23.0. The quantitative estimate of drug-likeness (QED) is 0.0301. The predicted molar refractivity (Wildman–Crippen MR) is 331 cm³/mol. The van der Waals surface area contributed by atoms with Crippen LogP contribution in [0.15, 0.2) is 97.1 Å². The van der Waals surface area contributed by atoms with Gasteiger partial charge in [-0.1, -0.05) is 47.5 Å². The van der Waals surface area contributed by atoms with Crippen LogP contribution in [-0.4, -0.2) is 223 Å². The first kappa shape index (κ1) is 72.6. The molecule has 14 N–H and O–H groups in total. The highest BCUT2D eigenvalue weighted by Crippen LogP contribution is 2.36. The standard InChI is InChI=1S/C60H74Cl2N6O20S2/c1-33(69)67-47-43(71)29-59(57(81)82,87-51(47)49(75)45(73)31-65-55(79)39-7-5-35(6-8-39)36-13-17-41(61)18-14-36)85-23-3-25-89-27-21-63-53(77)37-9-11-38(12-10-37)54(78)64-22-28-90-26-4-24-86-60(58(83)84)30-44(72)48(68-34(2)70)52(88-60)50(76)46(74)32-66-56(80)40-15-19-42(62)20-16-40/h5-20,43-52,71-76H,3-4,21-32H2,1-2H3,(H,63,77)(H,64,78)(H,65,79)(H,66,80)(H,67,69)(H,68,70)(H,81,82)(H,83,84)/t43-,44-,45+,46+,47+,48+,49?,50?,51+,52+,59+,60+/m0/s1. The van der Waals surface area contributed by atoms with E-state index in [0.717, 1.165) is 25.0 Å². The minimum atomic E-state index is -2.50. The zero-order chi connectivity index (χ0) is 65.7. The van der Waals surface area contributed by atoms with Crippen molar-refractivity contribution in [2.75, 3.05) is 62.4 Å². The number of carbonyl (C=O) groups excluding carboxylic acids is 6. The number of hydrogen-bond acceptors (Lipinski definition) is 20. The normalized spacial score (nSPS) is 22.8. The number of carbonyl (C=O) groups is 8. The van der Waals surface area contributed by atoms with E-state index in [1.165, 1.54) is 72.1 Å². The molecule has 0 spiro atoms. The zero-order valence-electron chi connectivity index (χ0n) is 49.0. The lowest BCUT2D eigenvalue weighted by Crippen LogP contribution is -2.68. The van der Waals surface area contributed by atoms with Crippen LogP contribution in [0.5, 0.6) is 0 Å². The molecule has 90 heavy (non-hydrogen) atoms. The smallest absolute Gasteiger partial charge is 0.364 e. The van der Waals surface area contributed by atoms with Crippen molar-refractivity contribution in [1.29, 1.82) is 0 Å². The van der Waals surface area contributed by atoms with Crippen LogP contribution in [0.4, 0.5) is 0 Å². The number of carboxylic acid groups (broad SMARTS) is 2.